The Bertz CT molecular complexity index is 274. The lowest BCUT2D eigenvalue weighted by Gasteiger charge is -2.56. The molecule has 0 N–H and O–H groups in total. The van der Waals surface area contributed by atoms with Gasteiger partial charge in [0.25, 0.3) is 0 Å². The van der Waals surface area contributed by atoms with E-state index in [1.54, 1.807) is 0 Å². The molecule has 0 aromatic carbocycles. The predicted octanol–water partition coefficient (Wildman–Crippen LogP) is 1.48. The largest absolute Gasteiger partial charge is 0.334 e. The van der Waals surface area contributed by atoms with Gasteiger partial charge in [-0.2, -0.15) is 0 Å². The van der Waals surface area contributed by atoms with Crippen molar-refractivity contribution in [3.8, 4) is 0 Å². The number of nitrogens with zero attached hydrogens (tertiary/aromatic N) is 2. The number of carbonyl (C=O) groups excluding carboxylic acids is 1. The topological polar surface area (TPSA) is 23.6 Å². The van der Waals surface area contributed by atoms with Crippen LogP contribution in [0.25, 0.3) is 0 Å². The smallest absolute Gasteiger partial charge is 0.226 e. The van der Waals surface area contributed by atoms with Gasteiger partial charge in [0.05, 0.1) is 0 Å². The molecule has 0 aromatic rings. The van der Waals surface area contributed by atoms with Crippen LogP contribution in [0.3, 0.4) is 0 Å². The summed E-state index contributed by atoms with van der Waals surface area (Å²) in [5.41, 5.74) is 0. The molecule has 4 rings (SSSR count). The molecule has 3 nitrogen and oxygen atoms in total. The maximum atomic E-state index is 12.4. The van der Waals surface area contributed by atoms with Crippen LogP contribution >= 0.6 is 0 Å². The second-order valence-corrected chi connectivity index (χ2v) is 5.85. The van der Waals surface area contributed by atoms with E-state index in [-0.39, 0.29) is 0 Å². The number of hydrogen-bond acceptors (Lipinski definition) is 2. The van der Waals surface area contributed by atoms with E-state index in [0.29, 0.717) is 23.9 Å². The molecule has 1 saturated carbocycles. The number of carbonyl (C=O) groups is 1. The minimum Gasteiger partial charge on any atom is -0.334 e. The van der Waals surface area contributed by atoms with Crippen molar-refractivity contribution in [2.75, 3.05) is 20.1 Å². The fourth-order valence-electron chi connectivity index (χ4n) is 3.74. The summed E-state index contributed by atoms with van der Waals surface area (Å²) in [5, 5.41) is 0. The van der Waals surface area contributed by atoms with Crippen LogP contribution in [0.2, 0.25) is 0 Å². The fraction of sp³-hybridized carbons (Fsp3) is 0.923. The molecule has 0 aromatic heterocycles. The second-order valence-electron chi connectivity index (χ2n) is 5.85. The molecule has 2 bridgehead atoms. The molecule has 4 fully saturated rings. The molecule has 1 amide bonds. The van der Waals surface area contributed by atoms with Crippen LogP contribution < -0.4 is 0 Å². The lowest BCUT2D eigenvalue weighted by atomic mass is 9.82. The monoisotopic (exact) mass is 222 g/mol. The summed E-state index contributed by atoms with van der Waals surface area (Å²) in [7, 11) is 2.17. The Morgan fingerprint density at radius 3 is 2.31 bits per heavy atom. The van der Waals surface area contributed by atoms with Crippen molar-refractivity contribution in [1.29, 1.82) is 0 Å². The number of hydrogen-bond donors (Lipinski definition) is 0. The summed E-state index contributed by atoms with van der Waals surface area (Å²) in [6, 6.07) is 1.08. The predicted molar refractivity (Wildman–Crippen MR) is 63.1 cm³/mol. The summed E-state index contributed by atoms with van der Waals surface area (Å²) < 4.78 is 0. The van der Waals surface area contributed by atoms with Crippen molar-refractivity contribution in [3.63, 3.8) is 0 Å². The quantitative estimate of drug-likeness (QED) is 0.671. The van der Waals surface area contributed by atoms with E-state index in [2.05, 4.69) is 16.8 Å². The fourth-order valence-corrected chi connectivity index (χ4v) is 3.74. The molecule has 1 aliphatic carbocycles. The van der Waals surface area contributed by atoms with Gasteiger partial charge in [-0.15, -0.1) is 0 Å². The van der Waals surface area contributed by atoms with E-state index in [4.69, 9.17) is 0 Å². The SMILES string of the molecule is CN1CC2CC(C1)N2C(=O)C1CCCCC1. The third kappa shape index (κ3) is 1.65. The number of piperazine rings is 1. The van der Waals surface area contributed by atoms with Crippen molar-refractivity contribution < 1.29 is 4.79 Å². The minimum absolute atomic E-state index is 0.363. The van der Waals surface area contributed by atoms with Gasteiger partial charge in [0, 0.05) is 31.1 Å². The highest BCUT2D eigenvalue weighted by molar-refractivity contribution is 5.80. The molecule has 0 spiro atoms. The second kappa shape index (κ2) is 4.02. The van der Waals surface area contributed by atoms with Crippen LogP contribution in [-0.4, -0.2) is 47.9 Å². The standard InChI is InChI=1S/C13H22N2O/c1-14-8-11-7-12(9-14)15(11)13(16)10-5-3-2-4-6-10/h10-12H,2-9H2,1H3. The van der Waals surface area contributed by atoms with Crippen LogP contribution in [0.1, 0.15) is 38.5 Å². The first kappa shape index (κ1) is 10.6. The van der Waals surface area contributed by atoms with Crippen LogP contribution in [0.5, 0.6) is 0 Å². The van der Waals surface area contributed by atoms with E-state index < -0.39 is 0 Å². The third-order valence-electron chi connectivity index (χ3n) is 4.58. The summed E-state index contributed by atoms with van der Waals surface area (Å²) in [5.74, 6) is 0.844. The van der Waals surface area contributed by atoms with Crippen LogP contribution in [0, 0.1) is 5.92 Å². The molecule has 3 aliphatic heterocycles. The van der Waals surface area contributed by atoms with E-state index in [1.807, 2.05) is 0 Å². The van der Waals surface area contributed by atoms with Crippen molar-refractivity contribution in [1.82, 2.24) is 9.80 Å². The molecular weight excluding hydrogens is 200 g/mol. The first-order valence-electron chi connectivity index (χ1n) is 6.76. The average Bonchev–Trinajstić information content (AvgIpc) is 2.29. The van der Waals surface area contributed by atoms with Gasteiger partial charge >= 0.3 is 0 Å². The molecule has 2 unspecified atom stereocenters. The van der Waals surface area contributed by atoms with E-state index in [1.165, 1.54) is 25.7 Å². The normalized spacial score (nSPS) is 35.9. The number of likely N-dealkylation sites (N-methyl/N-ethyl adjacent to an activating group) is 1. The first-order chi connectivity index (χ1) is 7.75. The van der Waals surface area contributed by atoms with Gasteiger partial charge in [0.15, 0.2) is 0 Å². The molecule has 2 atom stereocenters. The Labute approximate surface area is 97.8 Å². The van der Waals surface area contributed by atoms with Crippen LogP contribution in [0.4, 0.5) is 0 Å². The molecular formula is C13H22N2O. The number of rotatable bonds is 1. The molecule has 4 aliphatic rings. The zero-order chi connectivity index (χ0) is 11.1. The number of amides is 1. The average molecular weight is 222 g/mol. The number of fused-ring (bicyclic) bond motifs is 2. The van der Waals surface area contributed by atoms with Crippen molar-refractivity contribution >= 4 is 5.91 Å². The Morgan fingerprint density at radius 1 is 1.06 bits per heavy atom. The summed E-state index contributed by atoms with van der Waals surface area (Å²) in [6.45, 7) is 2.18. The van der Waals surface area contributed by atoms with Crippen LogP contribution in [0.15, 0.2) is 0 Å². The van der Waals surface area contributed by atoms with Gasteiger partial charge in [-0.1, -0.05) is 19.3 Å². The zero-order valence-corrected chi connectivity index (χ0v) is 10.2. The van der Waals surface area contributed by atoms with E-state index >= 15 is 0 Å². The molecule has 3 heteroatoms. The van der Waals surface area contributed by atoms with Gasteiger partial charge in [-0.3, -0.25) is 4.79 Å². The Morgan fingerprint density at radius 2 is 1.69 bits per heavy atom. The minimum atomic E-state index is 0.363. The van der Waals surface area contributed by atoms with Crippen molar-refractivity contribution in [2.45, 2.75) is 50.6 Å². The molecule has 16 heavy (non-hydrogen) atoms. The Kier molecular flexibility index (Phi) is 2.66. The summed E-state index contributed by atoms with van der Waals surface area (Å²) in [6.07, 6.45) is 7.40. The molecule has 0 radical (unpaired) electrons. The molecule has 3 heterocycles. The zero-order valence-electron chi connectivity index (χ0n) is 10.2. The van der Waals surface area contributed by atoms with Crippen molar-refractivity contribution in [2.24, 2.45) is 5.92 Å². The number of piperidine rings is 1. The highest BCUT2D eigenvalue weighted by Crippen LogP contribution is 2.35. The summed E-state index contributed by atoms with van der Waals surface area (Å²) >= 11 is 0. The van der Waals surface area contributed by atoms with Gasteiger partial charge in [0.2, 0.25) is 5.91 Å². The van der Waals surface area contributed by atoms with E-state index in [0.717, 1.165) is 25.9 Å². The first-order valence-corrected chi connectivity index (χ1v) is 6.76. The third-order valence-corrected chi connectivity index (χ3v) is 4.58. The maximum absolute atomic E-state index is 12.4. The molecule has 3 saturated heterocycles. The van der Waals surface area contributed by atoms with Crippen molar-refractivity contribution in [3.05, 3.63) is 0 Å². The van der Waals surface area contributed by atoms with Gasteiger partial charge < -0.3 is 9.80 Å². The van der Waals surface area contributed by atoms with Crippen LogP contribution in [-0.2, 0) is 4.79 Å². The summed E-state index contributed by atoms with van der Waals surface area (Å²) in [4.78, 5) is 17.0. The highest BCUT2D eigenvalue weighted by atomic mass is 16.2. The van der Waals surface area contributed by atoms with E-state index in [9.17, 15) is 4.79 Å². The Hall–Kier alpha value is -0.570. The van der Waals surface area contributed by atoms with Gasteiger partial charge in [-0.05, 0) is 26.3 Å². The molecule has 90 valence electrons. The lowest BCUT2D eigenvalue weighted by molar-refractivity contribution is -0.158. The maximum Gasteiger partial charge on any atom is 0.226 e. The highest BCUT2D eigenvalue weighted by Gasteiger charge is 2.47. The van der Waals surface area contributed by atoms with Gasteiger partial charge in [-0.25, -0.2) is 0 Å². The Balaban J connectivity index is 1.63. The van der Waals surface area contributed by atoms with Gasteiger partial charge in [0.1, 0.15) is 0 Å². The lowest BCUT2D eigenvalue weighted by Crippen LogP contribution is -2.70.